The van der Waals surface area contributed by atoms with Crippen LogP contribution >= 0.6 is 11.3 Å². The second kappa shape index (κ2) is 8.01. The molecule has 31 heavy (non-hydrogen) atoms. The number of hydrogen-bond donors (Lipinski definition) is 0. The van der Waals surface area contributed by atoms with Crippen LogP contribution in [-0.2, 0) is 0 Å². The van der Waals surface area contributed by atoms with E-state index >= 15 is 0 Å². The number of likely N-dealkylation sites (tertiary alicyclic amines) is 1. The summed E-state index contributed by atoms with van der Waals surface area (Å²) in [6.45, 7) is 1.11. The fraction of sp³-hybridized carbons (Fsp3) is 0.304. The molecule has 0 atom stereocenters. The Balaban J connectivity index is 1.32. The normalized spacial score (nSPS) is 16.7. The lowest BCUT2D eigenvalue weighted by Gasteiger charge is -2.32. The minimum absolute atomic E-state index is 0.0521. The third-order valence-electron chi connectivity index (χ3n) is 5.44. The lowest BCUT2D eigenvalue weighted by atomic mass is 10.1. The minimum atomic E-state index is -2.62. The van der Waals surface area contributed by atoms with Crippen LogP contribution in [0.5, 0.6) is 5.75 Å². The maximum Gasteiger partial charge on any atom is 0.260 e. The van der Waals surface area contributed by atoms with Crippen LogP contribution in [0.1, 0.15) is 12.8 Å². The van der Waals surface area contributed by atoms with Crippen LogP contribution in [-0.4, -0.2) is 42.0 Å². The maximum absolute atomic E-state index is 13.5. The van der Waals surface area contributed by atoms with Gasteiger partial charge in [0.25, 0.3) is 5.92 Å². The van der Waals surface area contributed by atoms with Gasteiger partial charge in [-0.25, -0.2) is 8.78 Å². The van der Waals surface area contributed by atoms with E-state index in [1.54, 1.807) is 40.6 Å². The van der Waals surface area contributed by atoms with Gasteiger partial charge >= 0.3 is 0 Å². The molecule has 4 aromatic rings. The Hall–Kier alpha value is -2.84. The summed E-state index contributed by atoms with van der Waals surface area (Å²) in [4.78, 5) is 18.8. The largest absolute Gasteiger partial charge is 0.492 e. The molecule has 0 amide bonds. The van der Waals surface area contributed by atoms with Crippen molar-refractivity contribution in [1.82, 2.24) is 9.88 Å². The van der Waals surface area contributed by atoms with Crippen molar-refractivity contribution in [2.45, 2.75) is 18.8 Å². The number of piperidine rings is 1. The Morgan fingerprint density at radius 3 is 3.00 bits per heavy atom. The Labute approximate surface area is 180 Å². The van der Waals surface area contributed by atoms with Gasteiger partial charge in [-0.3, -0.25) is 14.7 Å². The van der Waals surface area contributed by atoms with E-state index in [9.17, 15) is 13.6 Å². The molecule has 5 nitrogen and oxygen atoms in total. The van der Waals surface area contributed by atoms with Crippen LogP contribution in [0.3, 0.4) is 0 Å². The first-order chi connectivity index (χ1) is 15.0. The molecular formula is C23H20F2N2O3S. The number of fused-ring (bicyclic) bond motifs is 2. The van der Waals surface area contributed by atoms with E-state index < -0.39 is 5.92 Å². The van der Waals surface area contributed by atoms with Gasteiger partial charge in [0.05, 0.1) is 11.9 Å². The molecule has 0 radical (unpaired) electrons. The third-order valence-corrected chi connectivity index (χ3v) is 6.32. The molecule has 0 spiro atoms. The quantitative estimate of drug-likeness (QED) is 0.426. The summed E-state index contributed by atoms with van der Waals surface area (Å²) in [7, 11) is 0. The number of hydrogen-bond acceptors (Lipinski definition) is 6. The lowest BCUT2D eigenvalue weighted by Crippen LogP contribution is -2.44. The van der Waals surface area contributed by atoms with Crippen molar-refractivity contribution in [2.75, 3.05) is 26.2 Å². The summed E-state index contributed by atoms with van der Waals surface area (Å²) in [5, 5.41) is 3.44. The highest BCUT2D eigenvalue weighted by Gasteiger charge is 2.34. The molecule has 0 saturated carbocycles. The number of benzene rings is 1. The van der Waals surface area contributed by atoms with Gasteiger partial charge in [-0.05, 0) is 48.7 Å². The van der Waals surface area contributed by atoms with Crippen molar-refractivity contribution >= 4 is 32.4 Å². The predicted octanol–water partition coefficient (Wildman–Crippen LogP) is 5.18. The van der Waals surface area contributed by atoms with Crippen LogP contribution in [0.2, 0.25) is 0 Å². The molecule has 3 aromatic heterocycles. The second-order valence-electron chi connectivity index (χ2n) is 7.74. The van der Waals surface area contributed by atoms with Crippen LogP contribution < -0.4 is 10.2 Å². The van der Waals surface area contributed by atoms with E-state index in [0.29, 0.717) is 47.7 Å². The minimum Gasteiger partial charge on any atom is -0.492 e. The zero-order valence-corrected chi connectivity index (χ0v) is 17.5. The lowest BCUT2D eigenvalue weighted by molar-refractivity contribution is -0.0656. The van der Waals surface area contributed by atoms with Gasteiger partial charge in [0, 0.05) is 35.3 Å². The van der Waals surface area contributed by atoms with E-state index in [0.717, 1.165) is 10.1 Å². The summed E-state index contributed by atoms with van der Waals surface area (Å²) in [6.07, 6.45) is 2.20. The van der Waals surface area contributed by atoms with Gasteiger partial charge in [-0.15, -0.1) is 11.3 Å². The molecule has 0 N–H and O–H groups in total. The molecule has 4 heterocycles. The fourth-order valence-electron chi connectivity index (χ4n) is 3.87. The number of rotatable bonds is 5. The Morgan fingerprint density at radius 1 is 1.23 bits per heavy atom. The molecule has 5 rings (SSSR count). The van der Waals surface area contributed by atoms with Gasteiger partial charge in [0.2, 0.25) is 0 Å². The fourth-order valence-corrected chi connectivity index (χ4v) is 4.67. The van der Waals surface area contributed by atoms with Gasteiger partial charge in [-0.1, -0.05) is 0 Å². The Kier molecular flexibility index (Phi) is 5.19. The van der Waals surface area contributed by atoms with Crippen molar-refractivity contribution < 1.29 is 17.9 Å². The van der Waals surface area contributed by atoms with Crippen molar-refractivity contribution in [3.05, 3.63) is 58.2 Å². The topological polar surface area (TPSA) is 55.6 Å². The smallest absolute Gasteiger partial charge is 0.260 e. The zero-order chi connectivity index (χ0) is 21.4. The molecule has 8 heteroatoms. The first-order valence-corrected chi connectivity index (χ1v) is 11.0. The van der Waals surface area contributed by atoms with Crippen LogP contribution in [0.15, 0.2) is 57.2 Å². The first-order valence-electron chi connectivity index (χ1n) is 10.1. The van der Waals surface area contributed by atoms with E-state index in [1.807, 2.05) is 17.5 Å². The number of ether oxygens (including phenoxy) is 1. The molecule has 1 aliphatic heterocycles. The summed E-state index contributed by atoms with van der Waals surface area (Å²) in [6, 6.07) is 10.4. The van der Waals surface area contributed by atoms with Crippen LogP contribution in [0.4, 0.5) is 8.78 Å². The highest BCUT2D eigenvalue weighted by Crippen LogP contribution is 2.28. The van der Waals surface area contributed by atoms with Gasteiger partial charge in [-0.2, -0.15) is 0 Å². The van der Waals surface area contributed by atoms with E-state index in [4.69, 9.17) is 9.15 Å². The molecular weight excluding hydrogens is 422 g/mol. The molecule has 1 fully saturated rings. The summed E-state index contributed by atoms with van der Waals surface area (Å²) < 4.78 is 39.7. The predicted molar refractivity (Wildman–Crippen MR) is 117 cm³/mol. The number of thiophene rings is 1. The van der Waals surface area contributed by atoms with Gasteiger partial charge < -0.3 is 9.15 Å². The monoisotopic (exact) mass is 442 g/mol. The molecule has 0 aliphatic carbocycles. The maximum atomic E-state index is 13.5. The standard InChI is InChI=1S/C23H20F2N2O3S/c24-23(25)5-1-6-27(14-23)7-8-29-16-2-3-20-17(10-16)19(28)12-21(30-20)18-11-22-15(13-26-18)4-9-31-22/h2-4,9-13H,1,5-8,14H2. The van der Waals surface area contributed by atoms with E-state index in [2.05, 4.69) is 4.98 Å². The van der Waals surface area contributed by atoms with Crippen LogP contribution in [0.25, 0.3) is 32.5 Å². The SMILES string of the molecule is O=c1cc(-c2cc3sccc3cn2)oc2ccc(OCCN3CCCC(F)(F)C3)cc12. The number of halogens is 2. The highest BCUT2D eigenvalue weighted by atomic mass is 32.1. The average Bonchev–Trinajstić information content (AvgIpc) is 3.21. The Morgan fingerprint density at radius 2 is 2.13 bits per heavy atom. The number of nitrogens with zero attached hydrogens (tertiary/aromatic N) is 2. The summed E-state index contributed by atoms with van der Waals surface area (Å²) in [5.74, 6) is -1.71. The average molecular weight is 442 g/mol. The molecule has 0 unspecified atom stereocenters. The van der Waals surface area contributed by atoms with E-state index in [-0.39, 0.29) is 25.0 Å². The van der Waals surface area contributed by atoms with Crippen molar-refractivity contribution in [1.29, 1.82) is 0 Å². The number of alkyl halides is 2. The molecule has 1 aromatic carbocycles. The Bertz CT molecular complexity index is 1300. The number of pyridine rings is 1. The number of aromatic nitrogens is 1. The molecule has 1 aliphatic rings. The molecule has 160 valence electrons. The zero-order valence-electron chi connectivity index (χ0n) is 16.6. The molecule has 1 saturated heterocycles. The summed E-state index contributed by atoms with van der Waals surface area (Å²) in [5.41, 5.74) is 0.858. The van der Waals surface area contributed by atoms with E-state index in [1.165, 1.54) is 6.07 Å². The van der Waals surface area contributed by atoms with Crippen molar-refractivity contribution in [2.24, 2.45) is 0 Å². The van der Waals surface area contributed by atoms with Gasteiger partial charge in [0.15, 0.2) is 11.2 Å². The second-order valence-corrected chi connectivity index (χ2v) is 8.69. The third kappa shape index (κ3) is 4.31. The summed E-state index contributed by atoms with van der Waals surface area (Å²) >= 11 is 1.60. The highest BCUT2D eigenvalue weighted by molar-refractivity contribution is 7.17. The van der Waals surface area contributed by atoms with Crippen LogP contribution in [0, 0.1) is 0 Å². The van der Waals surface area contributed by atoms with Crippen molar-refractivity contribution in [3.8, 4) is 17.2 Å². The van der Waals surface area contributed by atoms with Gasteiger partial charge in [0.1, 0.15) is 23.6 Å². The first kappa shape index (κ1) is 20.1. The van der Waals surface area contributed by atoms with Crippen molar-refractivity contribution in [3.63, 3.8) is 0 Å². The molecule has 0 bridgehead atoms.